The Morgan fingerprint density at radius 2 is 0.780 bits per heavy atom. The summed E-state index contributed by atoms with van der Waals surface area (Å²) >= 11 is 0. The van der Waals surface area contributed by atoms with Gasteiger partial charge in [0.05, 0.1) is 32.0 Å². The number of hydrogen-bond acceptors (Lipinski definition) is 13. The third kappa shape index (κ3) is 37.9. The van der Waals surface area contributed by atoms with E-state index >= 15 is 0 Å². The van der Waals surface area contributed by atoms with E-state index in [9.17, 15) is 45.6 Å². The summed E-state index contributed by atoms with van der Waals surface area (Å²) in [5.41, 5.74) is 0. The van der Waals surface area contributed by atoms with Crippen molar-refractivity contribution in [3.05, 3.63) is 24.3 Å². The lowest BCUT2D eigenvalue weighted by Gasteiger charge is -2.46. The summed E-state index contributed by atoms with van der Waals surface area (Å²) in [4.78, 5) is 13.3. The summed E-state index contributed by atoms with van der Waals surface area (Å²) in [6, 6.07) is -0.929. The summed E-state index contributed by atoms with van der Waals surface area (Å²) in [7, 11) is 0. The van der Waals surface area contributed by atoms with Crippen LogP contribution in [0.2, 0.25) is 0 Å². The zero-order chi connectivity index (χ0) is 59.5. The fraction of sp³-hybridized carbons (Fsp3) is 0.926. The molecule has 14 heteroatoms. The highest BCUT2D eigenvalue weighted by Gasteiger charge is 2.51. The monoisotopic (exact) mass is 1170 g/mol. The van der Waals surface area contributed by atoms with E-state index in [1.165, 1.54) is 244 Å². The number of unbranched alkanes of at least 4 members (excludes halogenated alkanes) is 42. The first-order chi connectivity index (χ1) is 40.1. The lowest BCUT2D eigenvalue weighted by Crippen LogP contribution is -2.65. The van der Waals surface area contributed by atoms with Crippen LogP contribution in [0.1, 0.15) is 309 Å². The van der Waals surface area contributed by atoms with Crippen LogP contribution in [-0.2, 0) is 23.7 Å². The Bertz CT molecular complexity index is 1470. The zero-order valence-corrected chi connectivity index (χ0v) is 52.5. The first kappa shape index (κ1) is 76.6. The lowest BCUT2D eigenvalue weighted by atomic mass is 9.97. The second-order valence-electron chi connectivity index (χ2n) is 24.7. The average Bonchev–Trinajstić information content (AvgIpc) is 3.54. The topological polar surface area (TPSA) is 228 Å². The van der Waals surface area contributed by atoms with Gasteiger partial charge in [-0.05, 0) is 32.1 Å². The zero-order valence-electron chi connectivity index (χ0n) is 52.5. The summed E-state index contributed by atoms with van der Waals surface area (Å²) in [6.07, 6.45) is 49.5. The maximum atomic E-state index is 13.3. The van der Waals surface area contributed by atoms with Crippen LogP contribution in [-0.4, -0.2) is 140 Å². The van der Waals surface area contributed by atoms with E-state index in [4.69, 9.17) is 18.9 Å². The van der Waals surface area contributed by atoms with Gasteiger partial charge in [0.2, 0.25) is 5.91 Å². The van der Waals surface area contributed by atoms with Gasteiger partial charge in [-0.1, -0.05) is 295 Å². The minimum Gasteiger partial charge on any atom is -0.394 e. The van der Waals surface area contributed by atoms with E-state index in [0.29, 0.717) is 12.8 Å². The molecule has 9 N–H and O–H groups in total. The molecule has 1 amide bonds. The van der Waals surface area contributed by atoms with Crippen molar-refractivity contribution in [3.63, 3.8) is 0 Å². The molecule has 2 heterocycles. The first-order valence-electron chi connectivity index (χ1n) is 34.6. The molecule has 0 spiro atoms. The molecule has 0 aliphatic carbocycles. The molecule has 2 aliphatic rings. The molecule has 82 heavy (non-hydrogen) atoms. The van der Waals surface area contributed by atoms with Crippen molar-refractivity contribution in [2.75, 3.05) is 19.8 Å². The molecule has 2 rings (SSSR count). The molecule has 0 radical (unpaired) electrons. The molecule has 0 aromatic heterocycles. The molecule has 2 fully saturated rings. The summed E-state index contributed by atoms with van der Waals surface area (Å²) < 4.78 is 22.8. The second-order valence-corrected chi connectivity index (χ2v) is 24.7. The molecular weight excluding hydrogens is 1040 g/mol. The Morgan fingerprint density at radius 1 is 0.427 bits per heavy atom. The van der Waals surface area contributed by atoms with Crippen molar-refractivity contribution in [3.8, 4) is 0 Å². The Kier molecular flexibility index (Phi) is 50.1. The number of ether oxygens (including phenoxy) is 4. The fourth-order valence-electron chi connectivity index (χ4n) is 11.6. The third-order valence-electron chi connectivity index (χ3n) is 17.1. The number of aliphatic hydroxyl groups excluding tert-OH is 8. The van der Waals surface area contributed by atoms with E-state index in [2.05, 4.69) is 31.3 Å². The van der Waals surface area contributed by atoms with Crippen molar-refractivity contribution in [2.24, 2.45) is 0 Å². The van der Waals surface area contributed by atoms with Crippen LogP contribution in [0, 0.1) is 0 Å². The Labute approximate surface area is 500 Å². The van der Waals surface area contributed by atoms with E-state index in [1.54, 1.807) is 6.08 Å². The lowest BCUT2D eigenvalue weighted by molar-refractivity contribution is -0.359. The van der Waals surface area contributed by atoms with Crippen LogP contribution < -0.4 is 5.32 Å². The fourth-order valence-corrected chi connectivity index (χ4v) is 11.6. The van der Waals surface area contributed by atoms with Gasteiger partial charge in [0.25, 0.3) is 0 Å². The van der Waals surface area contributed by atoms with Crippen molar-refractivity contribution in [1.82, 2.24) is 5.32 Å². The summed E-state index contributed by atoms with van der Waals surface area (Å²) in [5, 5.41) is 87.3. The Morgan fingerprint density at radius 3 is 1.20 bits per heavy atom. The summed E-state index contributed by atoms with van der Waals surface area (Å²) in [6.45, 7) is 2.83. The summed E-state index contributed by atoms with van der Waals surface area (Å²) in [5.74, 6) is -0.242. The van der Waals surface area contributed by atoms with Crippen LogP contribution >= 0.6 is 0 Å². The van der Waals surface area contributed by atoms with Crippen LogP contribution in [0.15, 0.2) is 24.3 Å². The molecule has 0 saturated carbocycles. The van der Waals surface area contributed by atoms with Gasteiger partial charge in [-0.2, -0.15) is 0 Å². The molecule has 2 saturated heterocycles. The van der Waals surface area contributed by atoms with E-state index in [1.807, 2.05) is 6.08 Å². The highest BCUT2D eigenvalue weighted by molar-refractivity contribution is 5.76. The van der Waals surface area contributed by atoms with Crippen LogP contribution in [0.25, 0.3) is 0 Å². The molecule has 2 aliphatic heterocycles. The molecular formula is C68H129NO13. The van der Waals surface area contributed by atoms with Gasteiger partial charge in [0.15, 0.2) is 12.6 Å². The molecule has 14 nitrogen and oxygen atoms in total. The van der Waals surface area contributed by atoms with Crippen molar-refractivity contribution in [1.29, 1.82) is 0 Å². The van der Waals surface area contributed by atoms with E-state index < -0.39 is 86.8 Å². The molecule has 12 atom stereocenters. The molecule has 0 aromatic rings. The number of hydrogen-bond donors (Lipinski definition) is 9. The van der Waals surface area contributed by atoms with Gasteiger partial charge < -0.3 is 65.1 Å². The van der Waals surface area contributed by atoms with Gasteiger partial charge >= 0.3 is 0 Å². The van der Waals surface area contributed by atoms with Crippen LogP contribution in [0.4, 0.5) is 0 Å². The highest BCUT2D eigenvalue weighted by Crippen LogP contribution is 2.30. The second kappa shape index (κ2) is 53.7. The Balaban J connectivity index is 1.68. The number of carbonyl (C=O) groups excluding carboxylic acids is 1. The van der Waals surface area contributed by atoms with Crippen molar-refractivity contribution in [2.45, 2.75) is 383 Å². The van der Waals surface area contributed by atoms with Gasteiger partial charge in [0, 0.05) is 6.42 Å². The number of allylic oxidation sites excluding steroid dienone is 3. The van der Waals surface area contributed by atoms with Gasteiger partial charge in [-0.25, -0.2) is 0 Å². The quantitative estimate of drug-likeness (QED) is 0.0204. The normalized spacial score (nSPS) is 24.0. The maximum absolute atomic E-state index is 13.3. The number of carbonyl (C=O) groups is 1. The third-order valence-corrected chi connectivity index (χ3v) is 17.1. The Hall–Kier alpha value is -1.53. The van der Waals surface area contributed by atoms with Gasteiger partial charge in [-0.15, -0.1) is 0 Å². The minimum atomic E-state index is -1.79. The number of amides is 1. The smallest absolute Gasteiger partial charge is 0.220 e. The predicted octanol–water partition coefficient (Wildman–Crippen LogP) is 13.6. The molecule has 484 valence electrons. The highest BCUT2D eigenvalue weighted by atomic mass is 16.7. The van der Waals surface area contributed by atoms with Crippen LogP contribution in [0.3, 0.4) is 0 Å². The van der Waals surface area contributed by atoms with Gasteiger partial charge in [0.1, 0.15) is 48.8 Å². The predicted molar refractivity (Wildman–Crippen MR) is 332 cm³/mol. The average molecular weight is 1170 g/mol. The number of aliphatic hydroxyl groups is 8. The largest absolute Gasteiger partial charge is 0.394 e. The van der Waals surface area contributed by atoms with Gasteiger partial charge in [-0.3, -0.25) is 4.79 Å². The first-order valence-corrected chi connectivity index (χ1v) is 34.6. The molecule has 0 aromatic carbocycles. The molecule has 0 bridgehead atoms. The number of rotatable bonds is 57. The van der Waals surface area contributed by atoms with E-state index in [-0.39, 0.29) is 18.9 Å². The van der Waals surface area contributed by atoms with Crippen molar-refractivity contribution < 1.29 is 64.6 Å². The number of nitrogens with one attached hydrogen (secondary N) is 1. The maximum Gasteiger partial charge on any atom is 0.220 e. The van der Waals surface area contributed by atoms with Crippen molar-refractivity contribution >= 4 is 5.91 Å². The van der Waals surface area contributed by atoms with Crippen LogP contribution in [0.5, 0.6) is 0 Å². The SMILES string of the molecule is CCCCCCCCCCCCCCCC/C=C/CC/C=C/C(O)C(COC1OC(CO)C(OC2OC(CO)C(O)C(O)C2O)C(O)C1O)NC(=O)CCCCCCCCCCCCCCCCCCCCCCCCCCCCCC. The standard InChI is InChI=1S/C68H129NO13/c1-3-5-7-9-11-13-15-17-19-21-23-25-26-27-28-29-30-31-32-34-36-38-40-42-44-46-48-50-52-60(73)69-56(57(72)51-49-47-45-43-41-39-37-35-33-24-22-20-18-16-14-12-10-8-6-4-2)55-79-67-65(78)63(76)66(59(54-71)81-67)82-68-64(77)62(75)61(74)58(53-70)80-68/h41,43,49,51,56-59,61-68,70-72,74-78H,3-40,42,44-48,50,52-55H2,1-2H3,(H,69,73)/b43-41+,51-49+. The van der Waals surface area contributed by atoms with E-state index in [0.717, 1.165) is 32.1 Å². The minimum absolute atomic E-state index is 0.242. The molecule has 12 unspecified atom stereocenters.